The molecular formula is C25H32O4. The second-order valence-electron chi connectivity index (χ2n) is 7.79. The number of hydrogen-bond acceptors (Lipinski definition) is 4. The monoisotopic (exact) mass is 396 g/mol. The molecule has 0 aliphatic carbocycles. The second kappa shape index (κ2) is 12.1. The van der Waals surface area contributed by atoms with Crippen LogP contribution in [-0.4, -0.2) is 24.6 Å². The van der Waals surface area contributed by atoms with E-state index in [0.29, 0.717) is 17.0 Å². The lowest BCUT2D eigenvalue weighted by Gasteiger charge is -2.27. The van der Waals surface area contributed by atoms with E-state index >= 15 is 0 Å². The van der Waals surface area contributed by atoms with E-state index in [1.165, 1.54) is 0 Å². The van der Waals surface area contributed by atoms with Crippen molar-refractivity contribution in [2.24, 2.45) is 11.8 Å². The average molecular weight is 397 g/mol. The highest BCUT2D eigenvalue weighted by molar-refractivity contribution is 5.89. The van der Waals surface area contributed by atoms with Crippen LogP contribution in [0.3, 0.4) is 0 Å². The maximum atomic E-state index is 12.6. The van der Waals surface area contributed by atoms with Gasteiger partial charge in [0, 0.05) is 5.92 Å². The molecule has 0 aliphatic heterocycles. The van der Waals surface area contributed by atoms with Crippen molar-refractivity contribution < 1.29 is 19.1 Å². The third kappa shape index (κ3) is 7.72. The Morgan fingerprint density at radius 2 is 1.34 bits per heavy atom. The molecule has 0 fully saturated rings. The van der Waals surface area contributed by atoms with Gasteiger partial charge >= 0.3 is 11.9 Å². The summed E-state index contributed by atoms with van der Waals surface area (Å²) < 4.78 is 11.5. The number of benzene rings is 2. The van der Waals surface area contributed by atoms with Crippen LogP contribution in [0.4, 0.5) is 0 Å². The molecule has 2 unspecified atom stereocenters. The molecule has 0 aliphatic rings. The first-order valence-electron chi connectivity index (χ1n) is 10.5. The summed E-state index contributed by atoms with van der Waals surface area (Å²) in [6.45, 7) is 6.64. The molecule has 0 saturated heterocycles. The highest BCUT2D eigenvalue weighted by atomic mass is 16.6. The predicted molar refractivity (Wildman–Crippen MR) is 115 cm³/mol. The van der Waals surface area contributed by atoms with Gasteiger partial charge in [-0.2, -0.15) is 0 Å². The highest BCUT2D eigenvalue weighted by Crippen LogP contribution is 2.24. The normalized spacial score (nSPS) is 13.0. The first kappa shape index (κ1) is 22.7. The number of carbonyl (C=O) groups excluding carboxylic acids is 2. The Hall–Kier alpha value is -2.62. The number of ether oxygens (including phenoxy) is 2. The lowest BCUT2D eigenvalue weighted by atomic mass is 9.91. The fraction of sp³-hybridized carbons (Fsp3) is 0.440. The van der Waals surface area contributed by atoms with E-state index in [1.54, 1.807) is 24.3 Å². The van der Waals surface area contributed by atoms with Crippen molar-refractivity contribution in [3.05, 3.63) is 71.8 Å². The average Bonchev–Trinajstić information content (AvgIpc) is 2.74. The van der Waals surface area contributed by atoms with E-state index in [9.17, 15) is 9.59 Å². The van der Waals surface area contributed by atoms with Crippen molar-refractivity contribution >= 4 is 11.9 Å². The minimum atomic E-state index is -0.343. The molecule has 0 spiro atoms. The van der Waals surface area contributed by atoms with Gasteiger partial charge in [-0.3, -0.25) is 0 Å². The quantitative estimate of drug-likeness (QED) is 0.442. The maximum Gasteiger partial charge on any atom is 0.338 e. The molecule has 0 amide bonds. The lowest BCUT2D eigenvalue weighted by Crippen LogP contribution is -2.31. The predicted octanol–water partition coefficient (Wildman–Crippen LogP) is 5.92. The van der Waals surface area contributed by atoms with Gasteiger partial charge in [-0.1, -0.05) is 70.0 Å². The van der Waals surface area contributed by atoms with Crippen molar-refractivity contribution in [2.75, 3.05) is 6.61 Å². The number of hydrogen-bond donors (Lipinski definition) is 0. The summed E-state index contributed by atoms with van der Waals surface area (Å²) in [6, 6.07) is 18.0. The zero-order valence-corrected chi connectivity index (χ0v) is 17.7. The van der Waals surface area contributed by atoms with Crippen LogP contribution in [0.1, 0.15) is 67.2 Å². The smallest absolute Gasteiger partial charge is 0.338 e. The van der Waals surface area contributed by atoms with Crippen molar-refractivity contribution in [3.63, 3.8) is 0 Å². The SMILES string of the molecule is CCCC(OC(=O)c1ccccc1)C(CCC(C)C)COC(=O)c1ccccc1. The summed E-state index contributed by atoms with van der Waals surface area (Å²) in [5.74, 6) is -0.176. The third-order valence-corrected chi connectivity index (χ3v) is 4.92. The molecule has 0 N–H and O–H groups in total. The summed E-state index contributed by atoms with van der Waals surface area (Å²) >= 11 is 0. The molecule has 0 saturated carbocycles. The van der Waals surface area contributed by atoms with Gasteiger partial charge in [0.15, 0.2) is 0 Å². The topological polar surface area (TPSA) is 52.6 Å². The molecule has 2 rings (SSSR count). The minimum absolute atomic E-state index is 0.0299. The molecule has 156 valence electrons. The molecular weight excluding hydrogens is 364 g/mol. The van der Waals surface area contributed by atoms with Crippen LogP contribution >= 0.6 is 0 Å². The van der Waals surface area contributed by atoms with Gasteiger partial charge in [-0.25, -0.2) is 9.59 Å². The van der Waals surface area contributed by atoms with E-state index in [0.717, 1.165) is 25.7 Å². The highest BCUT2D eigenvalue weighted by Gasteiger charge is 2.27. The van der Waals surface area contributed by atoms with E-state index in [1.807, 2.05) is 36.4 Å². The standard InChI is InChI=1S/C25H32O4/c1-4-11-23(29-25(27)21-14-9-6-10-15-21)22(17-16-19(2)3)18-28-24(26)20-12-7-5-8-13-20/h5-10,12-15,19,22-23H,4,11,16-18H2,1-3H3. The molecule has 2 aromatic carbocycles. The van der Waals surface area contributed by atoms with Gasteiger partial charge in [-0.05, 0) is 43.0 Å². The summed E-state index contributed by atoms with van der Waals surface area (Å²) in [5, 5.41) is 0. The molecule has 0 aromatic heterocycles. The minimum Gasteiger partial charge on any atom is -0.462 e. The zero-order valence-electron chi connectivity index (χ0n) is 17.7. The van der Waals surface area contributed by atoms with Gasteiger partial charge in [0.05, 0.1) is 17.7 Å². The van der Waals surface area contributed by atoms with Crippen molar-refractivity contribution in [1.29, 1.82) is 0 Å². The van der Waals surface area contributed by atoms with E-state index in [-0.39, 0.29) is 30.6 Å². The van der Waals surface area contributed by atoms with Crippen molar-refractivity contribution in [3.8, 4) is 0 Å². The van der Waals surface area contributed by atoms with Gasteiger partial charge in [-0.15, -0.1) is 0 Å². The zero-order chi connectivity index (χ0) is 21.1. The number of esters is 2. The Balaban J connectivity index is 2.08. The largest absolute Gasteiger partial charge is 0.462 e. The molecule has 29 heavy (non-hydrogen) atoms. The molecule has 4 nitrogen and oxygen atoms in total. The Labute approximate surface area is 174 Å². The Kier molecular flexibility index (Phi) is 9.42. The van der Waals surface area contributed by atoms with Crippen molar-refractivity contribution in [1.82, 2.24) is 0 Å². The maximum absolute atomic E-state index is 12.6. The van der Waals surface area contributed by atoms with E-state index in [4.69, 9.17) is 9.47 Å². The van der Waals surface area contributed by atoms with E-state index < -0.39 is 0 Å². The fourth-order valence-electron chi connectivity index (χ4n) is 3.22. The second-order valence-corrected chi connectivity index (χ2v) is 7.79. The van der Waals surface area contributed by atoms with Gasteiger partial charge in [0.25, 0.3) is 0 Å². The summed E-state index contributed by atoms with van der Waals surface area (Å²) in [5.41, 5.74) is 1.07. The van der Waals surface area contributed by atoms with Gasteiger partial charge in [0.1, 0.15) is 6.10 Å². The number of rotatable bonds is 11. The molecule has 0 radical (unpaired) electrons. The molecule has 0 heterocycles. The number of carbonyl (C=O) groups is 2. The Bertz CT molecular complexity index is 740. The summed E-state index contributed by atoms with van der Waals surface area (Å²) in [6.07, 6.45) is 3.17. The Morgan fingerprint density at radius 1 is 0.793 bits per heavy atom. The fourth-order valence-corrected chi connectivity index (χ4v) is 3.22. The van der Waals surface area contributed by atoms with Crippen LogP contribution in [0.2, 0.25) is 0 Å². The lowest BCUT2D eigenvalue weighted by molar-refractivity contribution is -0.00990. The third-order valence-electron chi connectivity index (χ3n) is 4.92. The first-order chi connectivity index (χ1) is 14.0. The summed E-state index contributed by atoms with van der Waals surface area (Å²) in [7, 11) is 0. The molecule has 2 aromatic rings. The molecule has 0 bridgehead atoms. The molecule has 4 heteroatoms. The van der Waals surface area contributed by atoms with Crippen molar-refractivity contribution in [2.45, 2.75) is 52.6 Å². The first-order valence-corrected chi connectivity index (χ1v) is 10.5. The van der Waals surface area contributed by atoms with Crippen LogP contribution in [0.15, 0.2) is 60.7 Å². The van der Waals surface area contributed by atoms with E-state index in [2.05, 4.69) is 20.8 Å². The van der Waals surface area contributed by atoms with Crippen LogP contribution < -0.4 is 0 Å². The summed E-state index contributed by atoms with van der Waals surface area (Å²) in [4.78, 5) is 25.0. The van der Waals surface area contributed by atoms with Gasteiger partial charge in [0.2, 0.25) is 0 Å². The van der Waals surface area contributed by atoms with Crippen LogP contribution in [0.25, 0.3) is 0 Å². The van der Waals surface area contributed by atoms with Crippen LogP contribution in [-0.2, 0) is 9.47 Å². The van der Waals surface area contributed by atoms with Gasteiger partial charge < -0.3 is 9.47 Å². The van der Waals surface area contributed by atoms with Crippen LogP contribution in [0.5, 0.6) is 0 Å². The Morgan fingerprint density at radius 3 is 1.86 bits per heavy atom. The molecule has 2 atom stereocenters. The van der Waals surface area contributed by atoms with Crippen LogP contribution in [0, 0.1) is 11.8 Å².